The molecule has 3 N–H and O–H groups in total. The summed E-state index contributed by atoms with van der Waals surface area (Å²) in [7, 11) is -1.74. The molecule has 0 saturated carbocycles. The first kappa shape index (κ1) is 13.6. The average molecular weight is 300 g/mol. The van der Waals surface area contributed by atoms with Crippen molar-refractivity contribution in [2.24, 2.45) is 11.7 Å². The predicted octanol–water partition coefficient (Wildman–Crippen LogP) is -0.460. The highest BCUT2D eigenvalue weighted by Crippen LogP contribution is 2.47. The molecule has 5 atom stereocenters. The zero-order chi connectivity index (χ0) is 14.5. The summed E-state index contributed by atoms with van der Waals surface area (Å²) in [6.45, 7) is 1.95. The van der Waals surface area contributed by atoms with Crippen LogP contribution in [0.25, 0.3) is 0 Å². The first-order valence-electron chi connectivity index (χ1n) is 6.23. The van der Waals surface area contributed by atoms with E-state index in [0.717, 1.165) is 0 Å². The number of nitrogens with one attached hydrogen (secondary N) is 1. The molecule has 3 heterocycles. The van der Waals surface area contributed by atoms with E-state index in [4.69, 9.17) is 15.0 Å². The Kier molecular flexibility index (Phi) is 3.13. The molecule has 0 spiro atoms. The van der Waals surface area contributed by atoms with Crippen LogP contribution in [-0.4, -0.2) is 34.0 Å². The zero-order valence-electron chi connectivity index (χ0n) is 10.8. The molecule has 0 radical (unpaired) electrons. The summed E-state index contributed by atoms with van der Waals surface area (Å²) in [6.07, 6.45) is 0.630. The van der Waals surface area contributed by atoms with Gasteiger partial charge in [0, 0.05) is 12.3 Å². The molecule has 2 saturated heterocycles. The smallest absolute Gasteiger partial charge is 0.350 e. The monoisotopic (exact) mass is 300 g/mol. The van der Waals surface area contributed by atoms with Gasteiger partial charge in [0.15, 0.2) is 12.4 Å². The molecule has 0 aliphatic carbocycles. The summed E-state index contributed by atoms with van der Waals surface area (Å²) in [5.74, 6) is -0.163. The van der Waals surface area contributed by atoms with Gasteiger partial charge in [-0.1, -0.05) is 0 Å². The van der Waals surface area contributed by atoms with Gasteiger partial charge in [-0.15, -0.1) is 4.52 Å². The van der Waals surface area contributed by atoms with Crippen LogP contribution < -0.4 is 17.0 Å². The van der Waals surface area contributed by atoms with E-state index in [1.807, 2.05) is 0 Å². The van der Waals surface area contributed by atoms with Gasteiger partial charge in [0.25, 0.3) is 5.56 Å². The lowest BCUT2D eigenvalue weighted by Gasteiger charge is -2.30. The lowest BCUT2D eigenvalue weighted by Crippen LogP contribution is -2.52. The van der Waals surface area contributed by atoms with E-state index in [1.54, 1.807) is 6.92 Å². The van der Waals surface area contributed by atoms with Crippen LogP contribution in [0.1, 0.15) is 13.2 Å². The summed E-state index contributed by atoms with van der Waals surface area (Å²) in [5, 5.41) is 0. The summed E-state index contributed by atoms with van der Waals surface area (Å²) in [6, 6.07) is 1.24. The molecule has 20 heavy (non-hydrogen) atoms. The Morgan fingerprint density at radius 3 is 3.00 bits per heavy atom. The van der Waals surface area contributed by atoms with Crippen LogP contribution in [0.5, 0.6) is 0 Å². The number of aromatic amines is 1. The van der Waals surface area contributed by atoms with E-state index in [9.17, 15) is 14.2 Å². The first-order valence-corrected chi connectivity index (χ1v) is 7.59. The minimum absolute atomic E-state index is 0.163. The molecule has 0 bridgehead atoms. The van der Waals surface area contributed by atoms with Crippen LogP contribution in [0.4, 0.5) is 0 Å². The molecular formula is C11H15N3O5P+. The van der Waals surface area contributed by atoms with Crippen LogP contribution in [0.2, 0.25) is 0 Å². The van der Waals surface area contributed by atoms with Crippen molar-refractivity contribution < 1.29 is 13.8 Å². The molecule has 8 nitrogen and oxygen atoms in total. The van der Waals surface area contributed by atoms with Gasteiger partial charge >= 0.3 is 13.7 Å². The normalized spacial score (nSPS) is 38.7. The maximum atomic E-state index is 11.9. The first-order chi connectivity index (χ1) is 9.39. The fourth-order valence-corrected chi connectivity index (χ4v) is 4.18. The average Bonchev–Trinajstić information content (AvgIpc) is 2.62. The number of fused-ring (bicyclic) bond motifs is 1. The molecule has 0 aromatic carbocycles. The number of nitrogens with two attached hydrogens (primary N) is 1. The summed E-state index contributed by atoms with van der Waals surface area (Å²) < 4.78 is 23.7. The third-order valence-electron chi connectivity index (χ3n) is 3.92. The molecule has 1 unspecified atom stereocenters. The van der Waals surface area contributed by atoms with Crippen molar-refractivity contribution in [1.29, 1.82) is 0 Å². The second kappa shape index (κ2) is 4.60. The number of ether oxygens (including phenoxy) is 1. The molecule has 9 heteroatoms. The molecule has 2 aliphatic heterocycles. The molecule has 2 fully saturated rings. The molecule has 1 aromatic rings. The van der Waals surface area contributed by atoms with E-state index >= 15 is 0 Å². The van der Waals surface area contributed by atoms with Gasteiger partial charge in [-0.2, -0.15) is 0 Å². The van der Waals surface area contributed by atoms with E-state index < -0.39 is 31.0 Å². The van der Waals surface area contributed by atoms with Gasteiger partial charge in [0.2, 0.25) is 0 Å². The molecule has 2 aliphatic rings. The molecular weight excluding hydrogens is 285 g/mol. The Labute approximate surface area is 114 Å². The number of rotatable bonds is 1. The summed E-state index contributed by atoms with van der Waals surface area (Å²) in [4.78, 5) is 25.2. The largest absolute Gasteiger partial charge is 0.508 e. The number of hydrogen-bond acceptors (Lipinski definition) is 6. The van der Waals surface area contributed by atoms with Gasteiger partial charge in [0.05, 0.1) is 17.6 Å². The van der Waals surface area contributed by atoms with Gasteiger partial charge in [-0.3, -0.25) is 14.3 Å². The Morgan fingerprint density at radius 2 is 2.30 bits per heavy atom. The Balaban J connectivity index is 2.00. The summed E-state index contributed by atoms with van der Waals surface area (Å²) in [5.41, 5.74) is 4.38. The van der Waals surface area contributed by atoms with Crippen molar-refractivity contribution in [2.75, 3.05) is 12.8 Å². The third kappa shape index (κ3) is 2.05. The fourth-order valence-electron chi connectivity index (χ4n) is 2.81. The second-order valence-electron chi connectivity index (χ2n) is 5.33. The van der Waals surface area contributed by atoms with Crippen LogP contribution >= 0.6 is 8.03 Å². The van der Waals surface area contributed by atoms with Gasteiger partial charge in [0.1, 0.15) is 6.61 Å². The summed E-state index contributed by atoms with van der Waals surface area (Å²) >= 11 is 0. The maximum Gasteiger partial charge on any atom is 0.508 e. The van der Waals surface area contributed by atoms with Gasteiger partial charge in [-0.25, -0.2) is 4.79 Å². The number of H-pyrrole nitrogens is 1. The van der Waals surface area contributed by atoms with E-state index in [1.165, 1.54) is 16.8 Å². The minimum Gasteiger partial charge on any atom is -0.350 e. The maximum absolute atomic E-state index is 11.9. The van der Waals surface area contributed by atoms with Crippen LogP contribution in [0.15, 0.2) is 21.9 Å². The highest BCUT2D eigenvalue weighted by molar-refractivity contribution is 7.39. The van der Waals surface area contributed by atoms with Crippen LogP contribution in [0.3, 0.4) is 0 Å². The zero-order valence-corrected chi connectivity index (χ0v) is 11.7. The molecule has 3 rings (SSSR count). The quantitative estimate of drug-likeness (QED) is 0.678. The Morgan fingerprint density at radius 1 is 1.55 bits per heavy atom. The molecule has 1 aromatic heterocycles. The van der Waals surface area contributed by atoms with Gasteiger partial charge in [-0.05, 0) is 11.5 Å². The fraction of sp³-hybridized carbons (Fsp3) is 0.636. The van der Waals surface area contributed by atoms with Crippen molar-refractivity contribution in [3.63, 3.8) is 0 Å². The highest BCUT2D eigenvalue weighted by atomic mass is 31.1. The van der Waals surface area contributed by atoms with Crippen molar-refractivity contribution in [2.45, 2.75) is 24.8 Å². The molecule has 108 valence electrons. The standard InChI is InChI=1S/C11H14N3O5P/c1-11(12)6-5-20(17)18-4-7(6)19-9(11)14-3-2-8(15)13-10(14)16/h2-3,6-7,9H,4-5,12H2,1H3/p+1/t6-,7-,9-,11-/m1/s1. The predicted molar refractivity (Wildman–Crippen MR) is 69.7 cm³/mol. The lowest BCUT2D eigenvalue weighted by atomic mass is 9.85. The number of aromatic nitrogens is 2. The number of nitrogens with zero attached hydrogens (tertiary/aromatic N) is 1. The SMILES string of the molecule is C[C@@]1(N)[C@@H]2C[P+](=O)OC[C@H]2O[C@H]1n1ccc(=O)[nH]c1=O. The topological polar surface area (TPSA) is 116 Å². The van der Waals surface area contributed by atoms with E-state index in [-0.39, 0.29) is 18.6 Å². The molecule has 0 amide bonds. The Hall–Kier alpha value is -1.34. The van der Waals surface area contributed by atoms with Gasteiger partial charge < -0.3 is 10.5 Å². The van der Waals surface area contributed by atoms with Crippen LogP contribution in [-0.2, 0) is 13.8 Å². The Bertz CT molecular complexity index is 667. The number of hydrogen-bond donors (Lipinski definition) is 2. The van der Waals surface area contributed by atoms with Crippen LogP contribution in [0, 0.1) is 5.92 Å². The lowest BCUT2D eigenvalue weighted by molar-refractivity contribution is -0.0381. The second-order valence-corrected chi connectivity index (χ2v) is 6.62. The third-order valence-corrected chi connectivity index (χ3v) is 5.04. The van der Waals surface area contributed by atoms with E-state index in [0.29, 0.717) is 6.16 Å². The highest BCUT2D eigenvalue weighted by Gasteiger charge is 2.58. The van der Waals surface area contributed by atoms with E-state index in [2.05, 4.69) is 4.98 Å². The van der Waals surface area contributed by atoms with Crippen molar-refractivity contribution in [3.8, 4) is 0 Å². The van der Waals surface area contributed by atoms with Crippen molar-refractivity contribution in [1.82, 2.24) is 9.55 Å². The van der Waals surface area contributed by atoms with Crippen molar-refractivity contribution >= 4 is 8.03 Å². The minimum atomic E-state index is -1.74. The van der Waals surface area contributed by atoms with Crippen molar-refractivity contribution in [3.05, 3.63) is 33.1 Å².